The number of hydrogen-bond acceptors (Lipinski definition) is 4. The highest BCUT2D eigenvalue weighted by Crippen LogP contribution is 2.29. The highest BCUT2D eigenvalue weighted by molar-refractivity contribution is 7.15. The molecule has 1 heterocycles. The Balaban J connectivity index is 1.61. The molecule has 0 radical (unpaired) electrons. The molecule has 0 spiro atoms. The van der Waals surface area contributed by atoms with E-state index in [1.54, 1.807) is 18.3 Å². The fourth-order valence-corrected chi connectivity index (χ4v) is 3.42. The molecular weight excluding hydrogens is 284 g/mol. The summed E-state index contributed by atoms with van der Waals surface area (Å²) in [6.07, 6.45) is 3.97. The van der Waals surface area contributed by atoms with Crippen LogP contribution in [0.15, 0.2) is 30.3 Å². The first kappa shape index (κ1) is 14.1. The van der Waals surface area contributed by atoms with Gasteiger partial charge in [-0.1, -0.05) is 18.2 Å². The molecule has 0 bridgehead atoms. The molecule has 0 saturated heterocycles. The number of para-hydroxylation sites is 1. The van der Waals surface area contributed by atoms with Crippen molar-refractivity contribution < 1.29 is 9.53 Å². The van der Waals surface area contributed by atoms with Gasteiger partial charge in [0.2, 0.25) is 0 Å². The van der Waals surface area contributed by atoms with E-state index >= 15 is 0 Å². The van der Waals surface area contributed by atoms with E-state index < -0.39 is 6.10 Å². The largest absolute Gasteiger partial charge is 0.481 e. The van der Waals surface area contributed by atoms with Gasteiger partial charge in [-0.15, -0.1) is 11.3 Å². The Morgan fingerprint density at radius 2 is 2.05 bits per heavy atom. The maximum absolute atomic E-state index is 12.2. The lowest BCUT2D eigenvalue weighted by molar-refractivity contribution is -0.122. The maximum atomic E-state index is 12.2. The fourth-order valence-electron chi connectivity index (χ4n) is 2.37. The number of rotatable bonds is 4. The number of nitrogens with zero attached hydrogens (tertiary/aromatic N) is 1. The summed E-state index contributed by atoms with van der Waals surface area (Å²) < 4.78 is 5.62. The molecule has 5 heteroatoms. The third-order valence-electron chi connectivity index (χ3n) is 3.50. The Kier molecular flexibility index (Phi) is 4.20. The lowest BCUT2D eigenvalue weighted by Gasteiger charge is -2.13. The molecule has 2 aromatic rings. The summed E-state index contributed by atoms with van der Waals surface area (Å²) in [5, 5.41) is 3.55. The van der Waals surface area contributed by atoms with Crippen LogP contribution in [0.4, 0.5) is 5.13 Å². The van der Waals surface area contributed by atoms with Crippen LogP contribution in [-0.2, 0) is 17.6 Å². The second-order valence-corrected chi connectivity index (χ2v) is 6.24. The zero-order chi connectivity index (χ0) is 14.7. The van der Waals surface area contributed by atoms with Crippen LogP contribution in [0.5, 0.6) is 5.75 Å². The molecule has 1 aromatic carbocycles. The molecule has 1 aliphatic carbocycles. The van der Waals surface area contributed by atoms with Gasteiger partial charge in [0.05, 0.1) is 5.69 Å². The lowest BCUT2D eigenvalue weighted by atomic mass is 10.0. The Bertz CT molecular complexity index is 601. The summed E-state index contributed by atoms with van der Waals surface area (Å²) in [5.74, 6) is 0.531. The molecule has 1 aromatic heterocycles. The average Bonchev–Trinajstić information content (AvgIpc) is 2.90. The first-order valence-corrected chi connectivity index (χ1v) is 8.05. The first-order valence-electron chi connectivity index (χ1n) is 7.23. The van der Waals surface area contributed by atoms with Gasteiger partial charge in [-0.05, 0) is 44.7 Å². The van der Waals surface area contributed by atoms with Crippen molar-refractivity contribution in [2.45, 2.75) is 38.7 Å². The van der Waals surface area contributed by atoms with Gasteiger partial charge in [0.1, 0.15) is 5.75 Å². The van der Waals surface area contributed by atoms with E-state index in [0.717, 1.165) is 18.5 Å². The minimum atomic E-state index is -0.548. The number of thiazole rings is 1. The highest BCUT2D eigenvalue weighted by Gasteiger charge is 2.19. The van der Waals surface area contributed by atoms with Crippen molar-refractivity contribution in [3.05, 3.63) is 40.9 Å². The van der Waals surface area contributed by atoms with Crippen molar-refractivity contribution in [1.29, 1.82) is 0 Å². The fraction of sp³-hybridized carbons (Fsp3) is 0.375. The molecule has 4 nitrogen and oxygen atoms in total. The molecule has 21 heavy (non-hydrogen) atoms. The van der Waals surface area contributed by atoms with Crippen LogP contribution < -0.4 is 10.1 Å². The zero-order valence-electron chi connectivity index (χ0n) is 12.0. The summed E-state index contributed by atoms with van der Waals surface area (Å²) in [6, 6.07) is 9.36. The van der Waals surface area contributed by atoms with E-state index in [9.17, 15) is 4.79 Å². The first-order chi connectivity index (χ1) is 10.2. The quantitative estimate of drug-likeness (QED) is 0.941. The molecule has 1 amide bonds. The Hall–Kier alpha value is -1.88. The minimum Gasteiger partial charge on any atom is -0.481 e. The minimum absolute atomic E-state index is 0.162. The van der Waals surface area contributed by atoms with Gasteiger partial charge in [-0.3, -0.25) is 10.1 Å². The number of nitrogens with one attached hydrogen (secondary N) is 1. The zero-order valence-corrected chi connectivity index (χ0v) is 12.8. The number of carbonyl (C=O) groups excluding carboxylic acids is 1. The summed E-state index contributed by atoms with van der Waals surface area (Å²) in [4.78, 5) is 18.0. The number of carbonyl (C=O) groups is 1. The van der Waals surface area contributed by atoms with Gasteiger partial charge in [-0.25, -0.2) is 4.98 Å². The number of ether oxygens (including phenoxy) is 1. The highest BCUT2D eigenvalue weighted by atomic mass is 32.1. The van der Waals surface area contributed by atoms with Crippen LogP contribution in [0, 0.1) is 0 Å². The van der Waals surface area contributed by atoms with Crippen LogP contribution in [-0.4, -0.2) is 17.0 Å². The second kappa shape index (κ2) is 6.26. The van der Waals surface area contributed by atoms with Crippen LogP contribution in [0.2, 0.25) is 0 Å². The van der Waals surface area contributed by atoms with Crippen LogP contribution in [0.3, 0.4) is 0 Å². The third-order valence-corrected chi connectivity index (χ3v) is 4.57. The molecule has 1 atom stereocenters. The molecular formula is C16H18N2O2S. The molecule has 0 unspecified atom stereocenters. The van der Waals surface area contributed by atoms with E-state index in [0.29, 0.717) is 10.9 Å². The van der Waals surface area contributed by atoms with E-state index in [1.807, 2.05) is 30.3 Å². The van der Waals surface area contributed by atoms with E-state index in [4.69, 9.17) is 4.74 Å². The van der Waals surface area contributed by atoms with Gasteiger partial charge in [-0.2, -0.15) is 0 Å². The van der Waals surface area contributed by atoms with Gasteiger partial charge in [0, 0.05) is 4.88 Å². The van der Waals surface area contributed by atoms with Crippen molar-refractivity contribution >= 4 is 22.4 Å². The van der Waals surface area contributed by atoms with E-state index in [2.05, 4.69) is 10.3 Å². The van der Waals surface area contributed by atoms with Gasteiger partial charge in [0.15, 0.2) is 11.2 Å². The molecule has 1 aliphatic rings. The number of fused-ring (bicyclic) bond motifs is 1. The summed E-state index contributed by atoms with van der Waals surface area (Å²) in [6.45, 7) is 1.75. The van der Waals surface area contributed by atoms with Crippen molar-refractivity contribution in [2.24, 2.45) is 0 Å². The standard InChI is InChI=1S/C16H18N2O2S/c1-11(20-12-7-3-2-4-8-12)15(19)18-16-17-13-9-5-6-10-14(13)21-16/h2-4,7-8,11H,5-6,9-10H2,1H3,(H,17,18,19)/t11-/m1/s1. The third kappa shape index (κ3) is 3.42. The SMILES string of the molecule is C[C@@H](Oc1ccccc1)C(=O)Nc1nc2c(s1)CCCC2. The van der Waals surface area contributed by atoms with Crippen molar-refractivity contribution in [3.63, 3.8) is 0 Å². The number of benzene rings is 1. The van der Waals surface area contributed by atoms with Gasteiger partial charge in [0.25, 0.3) is 5.91 Å². The Labute approximate surface area is 128 Å². The number of aromatic nitrogens is 1. The van der Waals surface area contributed by atoms with Gasteiger partial charge < -0.3 is 4.74 Å². The predicted octanol–water partition coefficient (Wildman–Crippen LogP) is 3.43. The predicted molar refractivity (Wildman–Crippen MR) is 83.9 cm³/mol. The normalized spacial score (nSPS) is 15.1. The molecule has 3 rings (SSSR count). The molecule has 0 saturated carbocycles. The van der Waals surface area contributed by atoms with Crippen molar-refractivity contribution in [2.75, 3.05) is 5.32 Å². The molecule has 0 aliphatic heterocycles. The second-order valence-electron chi connectivity index (χ2n) is 5.16. The number of aryl methyl sites for hydroxylation is 2. The summed E-state index contributed by atoms with van der Waals surface area (Å²) in [5.41, 5.74) is 1.15. The van der Waals surface area contributed by atoms with Crippen LogP contribution in [0.25, 0.3) is 0 Å². The lowest BCUT2D eigenvalue weighted by Crippen LogP contribution is -2.30. The van der Waals surface area contributed by atoms with Gasteiger partial charge >= 0.3 is 0 Å². The van der Waals surface area contributed by atoms with E-state index in [-0.39, 0.29) is 5.91 Å². The van der Waals surface area contributed by atoms with Crippen LogP contribution >= 0.6 is 11.3 Å². The van der Waals surface area contributed by atoms with Crippen LogP contribution in [0.1, 0.15) is 30.3 Å². The number of anilines is 1. The Morgan fingerprint density at radius 1 is 1.29 bits per heavy atom. The number of hydrogen-bond donors (Lipinski definition) is 1. The van der Waals surface area contributed by atoms with E-state index in [1.165, 1.54) is 17.7 Å². The number of amides is 1. The average molecular weight is 302 g/mol. The molecule has 110 valence electrons. The smallest absolute Gasteiger partial charge is 0.266 e. The molecule has 0 fully saturated rings. The maximum Gasteiger partial charge on any atom is 0.266 e. The monoisotopic (exact) mass is 302 g/mol. The Morgan fingerprint density at radius 3 is 2.81 bits per heavy atom. The summed E-state index contributed by atoms with van der Waals surface area (Å²) >= 11 is 1.59. The molecule has 1 N–H and O–H groups in total. The van der Waals surface area contributed by atoms with Crippen molar-refractivity contribution in [1.82, 2.24) is 4.98 Å². The topological polar surface area (TPSA) is 51.2 Å². The summed E-state index contributed by atoms with van der Waals surface area (Å²) in [7, 11) is 0. The van der Waals surface area contributed by atoms with Crippen molar-refractivity contribution in [3.8, 4) is 5.75 Å².